The summed E-state index contributed by atoms with van der Waals surface area (Å²) in [4.78, 5) is 13.4. The van der Waals surface area contributed by atoms with Crippen molar-refractivity contribution in [2.75, 3.05) is 26.2 Å². The molecule has 0 spiro atoms. The van der Waals surface area contributed by atoms with Crippen molar-refractivity contribution in [2.45, 2.75) is 45.6 Å². The lowest BCUT2D eigenvalue weighted by Crippen LogP contribution is -2.47. The molecular weight excluding hydrogens is 230 g/mol. The van der Waals surface area contributed by atoms with Crippen LogP contribution >= 0.6 is 0 Å². The number of carbonyl (C=O) groups is 1. The minimum absolute atomic E-state index is 0.144. The molecule has 104 valence electrons. The first-order valence-corrected chi connectivity index (χ1v) is 7.03. The minimum Gasteiger partial charge on any atom is -0.481 e. The van der Waals surface area contributed by atoms with Crippen LogP contribution in [0.5, 0.6) is 0 Å². The van der Waals surface area contributed by atoms with Crippen molar-refractivity contribution in [3.05, 3.63) is 0 Å². The number of hydrogen-bond donors (Lipinski definition) is 1. The SMILES string of the molecule is CC1(C)CCN(CC2CCCO2)CC1CC(=O)O. The van der Waals surface area contributed by atoms with Crippen LogP contribution in [0.1, 0.15) is 39.5 Å². The van der Waals surface area contributed by atoms with E-state index >= 15 is 0 Å². The van der Waals surface area contributed by atoms with E-state index in [1.54, 1.807) is 0 Å². The van der Waals surface area contributed by atoms with Gasteiger partial charge in [0.2, 0.25) is 0 Å². The zero-order valence-corrected chi connectivity index (χ0v) is 11.5. The summed E-state index contributed by atoms with van der Waals surface area (Å²) >= 11 is 0. The molecule has 0 bridgehead atoms. The van der Waals surface area contributed by atoms with Crippen LogP contribution in [0.2, 0.25) is 0 Å². The third kappa shape index (κ3) is 3.45. The molecule has 2 heterocycles. The van der Waals surface area contributed by atoms with E-state index in [1.807, 2.05) is 0 Å². The fourth-order valence-electron chi connectivity index (χ4n) is 3.09. The molecule has 4 heteroatoms. The number of nitrogens with zero attached hydrogens (tertiary/aromatic N) is 1. The van der Waals surface area contributed by atoms with Crippen molar-refractivity contribution in [1.82, 2.24) is 4.90 Å². The second-order valence-corrected chi connectivity index (χ2v) is 6.43. The van der Waals surface area contributed by atoms with E-state index < -0.39 is 5.97 Å². The Balaban J connectivity index is 1.89. The number of likely N-dealkylation sites (tertiary alicyclic amines) is 1. The number of piperidine rings is 1. The van der Waals surface area contributed by atoms with Gasteiger partial charge < -0.3 is 14.7 Å². The zero-order chi connectivity index (χ0) is 13.2. The highest BCUT2D eigenvalue weighted by molar-refractivity contribution is 5.67. The van der Waals surface area contributed by atoms with Gasteiger partial charge in [-0.2, -0.15) is 0 Å². The largest absolute Gasteiger partial charge is 0.481 e. The van der Waals surface area contributed by atoms with Crippen molar-refractivity contribution in [3.8, 4) is 0 Å². The molecule has 2 atom stereocenters. The highest BCUT2D eigenvalue weighted by Crippen LogP contribution is 2.37. The Morgan fingerprint density at radius 2 is 2.28 bits per heavy atom. The molecule has 2 aliphatic heterocycles. The number of aliphatic carboxylic acids is 1. The summed E-state index contributed by atoms with van der Waals surface area (Å²) < 4.78 is 5.67. The fraction of sp³-hybridized carbons (Fsp3) is 0.929. The molecule has 2 rings (SSSR count). The summed E-state index contributed by atoms with van der Waals surface area (Å²) in [5.41, 5.74) is 0.144. The van der Waals surface area contributed by atoms with Crippen LogP contribution in [-0.4, -0.2) is 48.3 Å². The number of rotatable bonds is 4. The number of carboxylic acid groups (broad SMARTS) is 1. The van der Waals surface area contributed by atoms with Gasteiger partial charge in [0.15, 0.2) is 0 Å². The Labute approximate surface area is 109 Å². The van der Waals surface area contributed by atoms with E-state index in [-0.39, 0.29) is 17.8 Å². The van der Waals surface area contributed by atoms with Crippen molar-refractivity contribution in [3.63, 3.8) is 0 Å². The molecule has 0 aromatic carbocycles. The van der Waals surface area contributed by atoms with Gasteiger partial charge in [-0.25, -0.2) is 0 Å². The summed E-state index contributed by atoms with van der Waals surface area (Å²) in [6, 6.07) is 0. The van der Waals surface area contributed by atoms with Crippen molar-refractivity contribution < 1.29 is 14.6 Å². The maximum absolute atomic E-state index is 11.0. The Morgan fingerprint density at radius 1 is 1.50 bits per heavy atom. The van der Waals surface area contributed by atoms with E-state index in [0.717, 1.165) is 39.1 Å². The molecular formula is C14H25NO3. The van der Waals surface area contributed by atoms with Gasteiger partial charge in [0.05, 0.1) is 6.10 Å². The first-order valence-electron chi connectivity index (χ1n) is 7.03. The van der Waals surface area contributed by atoms with Gasteiger partial charge in [0.1, 0.15) is 0 Å². The number of hydrogen-bond acceptors (Lipinski definition) is 3. The summed E-state index contributed by atoms with van der Waals surface area (Å²) in [5.74, 6) is -0.419. The second-order valence-electron chi connectivity index (χ2n) is 6.43. The van der Waals surface area contributed by atoms with Gasteiger partial charge in [-0.3, -0.25) is 4.79 Å². The van der Waals surface area contributed by atoms with Gasteiger partial charge in [0, 0.05) is 26.1 Å². The molecule has 18 heavy (non-hydrogen) atoms. The highest BCUT2D eigenvalue weighted by atomic mass is 16.5. The Hall–Kier alpha value is -0.610. The standard InChI is InChI=1S/C14H25NO3/c1-14(2)5-6-15(9-11(14)8-13(16)17)10-12-4-3-7-18-12/h11-12H,3-10H2,1-2H3,(H,16,17). The molecule has 2 unspecified atom stereocenters. The predicted molar refractivity (Wildman–Crippen MR) is 69.6 cm³/mol. The summed E-state index contributed by atoms with van der Waals surface area (Å²) in [7, 11) is 0. The molecule has 2 aliphatic rings. The normalized spacial score (nSPS) is 32.6. The van der Waals surface area contributed by atoms with Crippen LogP contribution in [0.3, 0.4) is 0 Å². The van der Waals surface area contributed by atoms with Gasteiger partial charge in [-0.15, -0.1) is 0 Å². The van der Waals surface area contributed by atoms with E-state index in [1.165, 1.54) is 6.42 Å². The fourth-order valence-corrected chi connectivity index (χ4v) is 3.09. The van der Waals surface area contributed by atoms with Gasteiger partial charge in [0.25, 0.3) is 0 Å². The average Bonchev–Trinajstić information content (AvgIpc) is 2.75. The summed E-state index contributed by atoms with van der Waals surface area (Å²) in [6.45, 7) is 8.24. The van der Waals surface area contributed by atoms with Crippen LogP contribution < -0.4 is 0 Å². The lowest BCUT2D eigenvalue weighted by molar-refractivity contribution is -0.140. The average molecular weight is 255 g/mol. The first kappa shape index (κ1) is 13.8. The second kappa shape index (κ2) is 5.57. The smallest absolute Gasteiger partial charge is 0.303 e. The molecule has 4 nitrogen and oxygen atoms in total. The van der Waals surface area contributed by atoms with Crippen LogP contribution in [0.25, 0.3) is 0 Å². The minimum atomic E-state index is -0.674. The summed E-state index contributed by atoms with van der Waals surface area (Å²) in [6.07, 6.45) is 4.07. The Kier molecular flexibility index (Phi) is 4.28. The van der Waals surface area contributed by atoms with Gasteiger partial charge in [-0.1, -0.05) is 13.8 Å². The quantitative estimate of drug-likeness (QED) is 0.834. The molecule has 0 aromatic heterocycles. The van der Waals surface area contributed by atoms with Crippen molar-refractivity contribution in [2.24, 2.45) is 11.3 Å². The van der Waals surface area contributed by atoms with Crippen LogP contribution in [0.4, 0.5) is 0 Å². The third-order valence-corrected chi connectivity index (χ3v) is 4.56. The Bertz CT molecular complexity index is 297. The van der Waals surface area contributed by atoms with E-state index in [0.29, 0.717) is 6.10 Å². The topological polar surface area (TPSA) is 49.8 Å². The molecule has 1 N–H and O–H groups in total. The lowest BCUT2D eigenvalue weighted by Gasteiger charge is -2.44. The maximum atomic E-state index is 11.0. The van der Waals surface area contributed by atoms with Gasteiger partial charge in [-0.05, 0) is 37.1 Å². The molecule has 0 saturated carbocycles. The Morgan fingerprint density at radius 3 is 2.89 bits per heavy atom. The highest BCUT2D eigenvalue weighted by Gasteiger charge is 2.37. The monoisotopic (exact) mass is 255 g/mol. The van der Waals surface area contributed by atoms with Crippen molar-refractivity contribution >= 4 is 5.97 Å². The predicted octanol–water partition coefficient (Wildman–Crippen LogP) is 1.99. The zero-order valence-electron chi connectivity index (χ0n) is 11.5. The summed E-state index contributed by atoms with van der Waals surface area (Å²) in [5, 5.41) is 9.03. The lowest BCUT2D eigenvalue weighted by atomic mass is 9.72. The molecule has 0 aromatic rings. The molecule has 0 amide bonds. The first-order chi connectivity index (χ1) is 8.47. The van der Waals surface area contributed by atoms with E-state index in [9.17, 15) is 4.79 Å². The number of ether oxygens (including phenoxy) is 1. The van der Waals surface area contributed by atoms with Crippen LogP contribution in [0, 0.1) is 11.3 Å². The van der Waals surface area contributed by atoms with Gasteiger partial charge >= 0.3 is 5.97 Å². The van der Waals surface area contributed by atoms with E-state index in [4.69, 9.17) is 9.84 Å². The van der Waals surface area contributed by atoms with Crippen LogP contribution in [-0.2, 0) is 9.53 Å². The molecule has 2 fully saturated rings. The molecule has 2 saturated heterocycles. The van der Waals surface area contributed by atoms with Crippen molar-refractivity contribution in [1.29, 1.82) is 0 Å². The molecule has 0 aliphatic carbocycles. The number of carboxylic acids is 1. The maximum Gasteiger partial charge on any atom is 0.303 e. The van der Waals surface area contributed by atoms with Crippen LogP contribution in [0.15, 0.2) is 0 Å². The van der Waals surface area contributed by atoms with E-state index in [2.05, 4.69) is 18.7 Å². The third-order valence-electron chi connectivity index (χ3n) is 4.56. The molecule has 0 radical (unpaired) electrons.